The molecule has 0 unspecified atom stereocenters. The zero-order chi connectivity index (χ0) is 11.7. The maximum Gasteiger partial charge on any atom is 0.256 e. The van der Waals surface area contributed by atoms with Gasteiger partial charge in [-0.2, -0.15) is 0 Å². The molecular formula is C10H10ClF2N3. The predicted molar refractivity (Wildman–Crippen MR) is 57.8 cm³/mol. The van der Waals surface area contributed by atoms with Crippen molar-refractivity contribution >= 4 is 22.8 Å². The molecule has 3 nitrogen and oxygen atoms in total. The van der Waals surface area contributed by atoms with Gasteiger partial charge in [0.1, 0.15) is 11.3 Å². The Balaban J connectivity index is 2.59. The number of pyridine rings is 1. The third-order valence-corrected chi connectivity index (χ3v) is 2.48. The van der Waals surface area contributed by atoms with Crippen LogP contribution < -0.4 is 0 Å². The molecule has 0 saturated heterocycles. The maximum absolute atomic E-state index is 12.4. The quantitative estimate of drug-likeness (QED) is 0.779. The Bertz CT molecular complexity index is 510. The van der Waals surface area contributed by atoms with Gasteiger partial charge in [0.25, 0.3) is 6.43 Å². The minimum atomic E-state index is -2.44. The Labute approximate surface area is 96.1 Å². The number of imidazole rings is 1. The van der Waals surface area contributed by atoms with Crippen molar-refractivity contribution in [2.75, 3.05) is 0 Å². The van der Waals surface area contributed by atoms with E-state index >= 15 is 0 Å². The third-order valence-electron chi connectivity index (χ3n) is 2.24. The summed E-state index contributed by atoms with van der Waals surface area (Å²) < 4.78 is 26.2. The molecule has 0 spiro atoms. The molecule has 0 saturated carbocycles. The van der Waals surface area contributed by atoms with E-state index in [2.05, 4.69) is 9.97 Å². The molecule has 0 amide bonds. The Morgan fingerprint density at radius 3 is 2.88 bits per heavy atom. The molecule has 2 aromatic heterocycles. The number of aryl methyl sites for hydroxylation is 1. The summed E-state index contributed by atoms with van der Waals surface area (Å²) in [4.78, 5) is 8.29. The summed E-state index contributed by atoms with van der Waals surface area (Å²) in [6.07, 6.45) is -0.813. The van der Waals surface area contributed by atoms with E-state index in [1.807, 2.05) is 6.92 Å². The van der Waals surface area contributed by atoms with Crippen molar-refractivity contribution in [2.24, 2.45) is 0 Å². The molecule has 2 heterocycles. The highest BCUT2D eigenvalue weighted by Crippen LogP contribution is 2.17. The van der Waals surface area contributed by atoms with Gasteiger partial charge in [-0.1, -0.05) is 0 Å². The summed E-state index contributed by atoms with van der Waals surface area (Å²) in [5, 5.41) is 0. The highest BCUT2D eigenvalue weighted by atomic mass is 35.5. The van der Waals surface area contributed by atoms with Gasteiger partial charge in [-0.25, -0.2) is 18.7 Å². The largest absolute Gasteiger partial charge is 0.306 e. The van der Waals surface area contributed by atoms with Crippen molar-refractivity contribution in [1.29, 1.82) is 0 Å². The van der Waals surface area contributed by atoms with E-state index in [0.29, 0.717) is 17.0 Å². The first kappa shape index (κ1) is 11.3. The zero-order valence-electron chi connectivity index (χ0n) is 8.62. The Kier molecular flexibility index (Phi) is 3.05. The van der Waals surface area contributed by atoms with E-state index in [1.165, 1.54) is 4.57 Å². The highest BCUT2D eigenvalue weighted by Gasteiger charge is 2.14. The Morgan fingerprint density at radius 2 is 2.25 bits per heavy atom. The minimum Gasteiger partial charge on any atom is -0.306 e. The maximum atomic E-state index is 12.4. The van der Waals surface area contributed by atoms with Crippen molar-refractivity contribution < 1.29 is 8.78 Å². The molecule has 0 bridgehead atoms. The van der Waals surface area contributed by atoms with E-state index in [1.54, 1.807) is 12.3 Å². The van der Waals surface area contributed by atoms with Crippen LogP contribution in [0.1, 0.15) is 11.4 Å². The fraction of sp³-hybridized carbons (Fsp3) is 0.400. The number of hydrogen-bond donors (Lipinski definition) is 0. The van der Waals surface area contributed by atoms with Crippen LogP contribution in [0.25, 0.3) is 11.2 Å². The van der Waals surface area contributed by atoms with Crippen LogP contribution in [0, 0.1) is 6.92 Å². The fourth-order valence-electron chi connectivity index (χ4n) is 1.59. The zero-order valence-corrected chi connectivity index (χ0v) is 9.38. The van der Waals surface area contributed by atoms with Crippen LogP contribution in [-0.4, -0.2) is 21.0 Å². The lowest BCUT2D eigenvalue weighted by atomic mass is 10.3. The summed E-state index contributed by atoms with van der Waals surface area (Å²) in [5.41, 5.74) is 2.01. The number of halogens is 3. The molecular weight excluding hydrogens is 236 g/mol. The van der Waals surface area contributed by atoms with Crippen LogP contribution >= 0.6 is 11.6 Å². The molecule has 16 heavy (non-hydrogen) atoms. The first-order valence-corrected chi connectivity index (χ1v) is 5.31. The lowest BCUT2D eigenvalue weighted by Crippen LogP contribution is -2.09. The second kappa shape index (κ2) is 4.33. The standard InChI is InChI=1S/C10H10ClF2N3/c1-6-2-7-10(14-4-6)16(5-8(12)13)9(3-11)15-7/h2,4,8H,3,5H2,1H3. The van der Waals surface area contributed by atoms with Crippen LogP contribution in [-0.2, 0) is 12.4 Å². The van der Waals surface area contributed by atoms with Crippen molar-refractivity contribution in [1.82, 2.24) is 14.5 Å². The second-order valence-corrected chi connectivity index (χ2v) is 3.79. The van der Waals surface area contributed by atoms with Crippen LogP contribution in [0.15, 0.2) is 12.3 Å². The lowest BCUT2D eigenvalue weighted by Gasteiger charge is -2.05. The van der Waals surface area contributed by atoms with Gasteiger partial charge >= 0.3 is 0 Å². The summed E-state index contributed by atoms with van der Waals surface area (Å²) in [6.45, 7) is 1.45. The van der Waals surface area contributed by atoms with Crippen LogP contribution in [0.3, 0.4) is 0 Å². The number of fused-ring (bicyclic) bond motifs is 1. The summed E-state index contributed by atoms with van der Waals surface area (Å²) in [6, 6.07) is 1.81. The van der Waals surface area contributed by atoms with Crippen LogP contribution in [0.4, 0.5) is 8.78 Å². The van der Waals surface area contributed by atoms with Gasteiger partial charge in [0, 0.05) is 6.20 Å². The first-order valence-electron chi connectivity index (χ1n) is 4.77. The summed E-state index contributed by atoms with van der Waals surface area (Å²) in [7, 11) is 0. The Hall–Kier alpha value is -1.23. The molecule has 0 aliphatic carbocycles. The van der Waals surface area contributed by atoms with Gasteiger partial charge in [0.05, 0.1) is 12.4 Å². The van der Waals surface area contributed by atoms with Crippen molar-refractivity contribution in [3.8, 4) is 0 Å². The first-order chi connectivity index (χ1) is 7.61. The van der Waals surface area contributed by atoms with E-state index in [9.17, 15) is 8.78 Å². The SMILES string of the molecule is Cc1cnc2c(c1)nc(CCl)n2CC(F)F. The highest BCUT2D eigenvalue weighted by molar-refractivity contribution is 6.16. The molecule has 2 rings (SSSR count). The van der Waals surface area contributed by atoms with Crippen LogP contribution in [0.5, 0.6) is 0 Å². The van der Waals surface area contributed by atoms with Gasteiger partial charge in [-0.05, 0) is 18.6 Å². The predicted octanol–water partition coefficient (Wildman–Crippen LogP) is 2.74. The van der Waals surface area contributed by atoms with Gasteiger partial charge < -0.3 is 4.57 Å². The monoisotopic (exact) mass is 245 g/mol. The molecule has 6 heteroatoms. The molecule has 86 valence electrons. The van der Waals surface area contributed by atoms with Gasteiger partial charge in [0.15, 0.2) is 5.65 Å². The van der Waals surface area contributed by atoms with E-state index in [4.69, 9.17) is 11.6 Å². The topological polar surface area (TPSA) is 30.7 Å². The average Bonchev–Trinajstić information content (AvgIpc) is 2.55. The average molecular weight is 246 g/mol. The van der Waals surface area contributed by atoms with Gasteiger partial charge in [-0.15, -0.1) is 11.6 Å². The van der Waals surface area contributed by atoms with Crippen molar-refractivity contribution in [3.05, 3.63) is 23.7 Å². The summed E-state index contributed by atoms with van der Waals surface area (Å²) >= 11 is 5.67. The number of aromatic nitrogens is 3. The molecule has 0 fully saturated rings. The smallest absolute Gasteiger partial charge is 0.256 e. The Morgan fingerprint density at radius 1 is 1.50 bits per heavy atom. The van der Waals surface area contributed by atoms with Gasteiger partial charge in [-0.3, -0.25) is 0 Å². The number of rotatable bonds is 3. The lowest BCUT2D eigenvalue weighted by molar-refractivity contribution is 0.127. The number of hydrogen-bond acceptors (Lipinski definition) is 2. The number of alkyl halides is 3. The minimum absolute atomic E-state index is 0.0993. The van der Waals surface area contributed by atoms with E-state index in [0.717, 1.165) is 5.56 Å². The normalized spacial score (nSPS) is 11.6. The summed E-state index contributed by atoms with van der Waals surface area (Å²) in [5.74, 6) is 0.525. The number of nitrogens with zero attached hydrogens (tertiary/aromatic N) is 3. The molecule has 0 atom stereocenters. The van der Waals surface area contributed by atoms with E-state index in [-0.39, 0.29) is 5.88 Å². The van der Waals surface area contributed by atoms with Crippen LogP contribution in [0.2, 0.25) is 0 Å². The van der Waals surface area contributed by atoms with Crippen molar-refractivity contribution in [2.45, 2.75) is 25.8 Å². The van der Waals surface area contributed by atoms with Crippen molar-refractivity contribution in [3.63, 3.8) is 0 Å². The molecule has 2 aromatic rings. The molecule has 0 radical (unpaired) electrons. The molecule has 0 aliphatic heterocycles. The second-order valence-electron chi connectivity index (χ2n) is 3.52. The molecule has 0 aliphatic rings. The fourth-order valence-corrected chi connectivity index (χ4v) is 1.79. The van der Waals surface area contributed by atoms with Gasteiger partial charge in [0.2, 0.25) is 0 Å². The third kappa shape index (κ3) is 2.00. The molecule has 0 N–H and O–H groups in total. The van der Waals surface area contributed by atoms with E-state index < -0.39 is 13.0 Å². The molecule has 0 aromatic carbocycles.